The third kappa shape index (κ3) is 4.69. The van der Waals surface area contributed by atoms with E-state index < -0.39 is 0 Å². The molecular weight excluding hydrogens is 408 g/mol. The Balaban J connectivity index is 1.51. The Kier molecular flexibility index (Phi) is 6.30. The van der Waals surface area contributed by atoms with E-state index in [1.165, 1.54) is 16.3 Å². The topological polar surface area (TPSA) is 92.3 Å². The van der Waals surface area contributed by atoms with E-state index >= 15 is 0 Å². The summed E-state index contributed by atoms with van der Waals surface area (Å²) in [5.74, 6) is 2.09. The number of methoxy groups -OCH3 is 2. The molecule has 0 radical (unpaired) electrons. The van der Waals surface area contributed by atoms with E-state index in [2.05, 4.69) is 34.3 Å². The normalized spacial score (nSPS) is 10.8. The van der Waals surface area contributed by atoms with Crippen molar-refractivity contribution in [1.29, 1.82) is 0 Å². The van der Waals surface area contributed by atoms with Crippen molar-refractivity contribution >= 4 is 0 Å². The molecule has 2 aromatic heterocycles. The van der Waals surface area contributed by atoms with Crippen LogP contribution in [0.5, 0.6) is 11.5 Å². The van der Waals surface area contributed by atoms with Gasteiger partial charge in [0.15, 0.2) is 0 Å². The molecule has 2 heterocycles. The molecule has 32 heavy (non-hydrogen) atoms. The summed E-state index contributed by atoms with van der Waals surface area (Å²) in [6, 6.07) is 16.8. The zero-order valence-corrected chi connectivity index (χ0v) is 18.2. The second-order valence-electron chi connectivity index (χ2n) is 7.19. The molecule has 0 bridgehead atoms. The second-order valence-corrected chi connectivity index (χ2v) is 7.19. The molecule has 2 aromatic carbocycles. The van der Waals surface area contributed by atoms with Gasteiger partial charge in [0.25, 0.3) is 5.56 Å². The van der Waals surface area contributed by atoms with Crippen LogP contribution in [0.25, 0.3) is 22.6 Å². The number of aromatic nitrogens is 4. The average molecular weight is 432 g/mol. The summed E-state index contributed by atoms with van der Waals surface area (Å²) in [7, 11) is 3.16. The molecule has 0 aliphatic carbocycles. The molecule has 8 heteroatoms. The summed E-state index contributed by atoms with van der Waals surface area (Å²) >= 11 is 0. The number of nitrogens with zero attached hydrogens (tertiary/aromatic N) is 4. The highest BCUT2D eigenvalue weighted by Crippen LogP contribution is 2.28. The number of hydrogen-bond donors (Lipinski definition) is 0. The highest BCUT2D eigenvalue weighted by Gasteiger charge is 2.13. The maximum absolute atomic E-state index is 12.3. The quantitative estimate of drug-likeness (QED) is 0.418. The molecule has 4 rings (SSSR count). The number of rotatable bonds is 8. The molecule has 8 nitrogen and oxygen atoms in total. The van der Waals surface area contributed by atoms with Crippen LogP contribution in [0.15, 0.2) is 63.9 Å². The summed E-state index contributed by atoms with van der Waals surface area (Å²) < 4.78 is 17.4. The number of aryl methyl sites for hydroxylation is 3. The molecule has 0 N–H and O–H groups in total. The fraction of sp³-hybridized carbons (Fsp3) is 0.250. The maximum atomic E-state index is 12.3. The van der Waals surface area contributed by atoms with Crippen molar-refractivity contribution in [3.05, 3.63) is 76.4 Å². The summed E-state index contributed by atoms with van der Waals surface area (Å²) in [6.45, 7) is 2.43. The molecule has 0 saturated carbocycles. The van der Waals surface area contributed by atoms with Crippen LogP contribution in [0, 0.1) is 0 Å². The minimum absolute atomic E-state index is 0.184. The second kappa shape index (κ2) is 9.47. The smallest absolute Gasteiger partial charge is 0.266 e. The first-order valence-electron chi connectivity index (χ1n) is 10.3. The molecule has 0 amide bonds. The van der Waals surface area contributed by atoms with Gasteiger partial charge in [0, 0.05) is 29.7 Å². The van der Waals surface area contributed by atoms with Crippen LogP contribution in [0.3, 0.4) is 0 Å². The van der Waals surface area contributed by atoms with E-state index in [1.54, 1.807) is 38.5 Å². The van der Waals surface area contributed by atoms with E-state index in [9.17, 15) is 4.79 Å². The van der Waals surface area contributed by atoms with E-state index in [-0.39, 0.29) is 5.56 Å². The predicted octanol–water partition coefficient (Wildman–Crippen LogP) is 3.78. The fourth-order valence-electron chi connectivity index (χ4n) is 3.29. The van der Waals surface area contributed by atoms with Gasteiger partial charge in [0.2, 0.25) is 11.7 Å². The van der Waals surface area contributed by atoms with Crippen LogP contribution in [-0.4, -0.2) is 34.1 Å². The third-order valence-electron chi connectivity index (χ3n) is 5.14. The number of hydrogen-bond acceptors (Lipinski definition) is 7. The van der Waals surface area contributed by atoms with Gasteiger partial charge in [-0.05, 0) is 30.2 Å². The summed E-state index contributed by atoms with van der Waals surface area (Å²) in [6.07, 6.45) is 1.35. The summed E-state index contributed by atoms with van der Waals surface area (Å²) in [4.78, 5) is 16.7. The largest absolute Gasteiger partial charge is 0.497 e. The molecule has 0 unspecified atom stereocenters. The van der Waals surface area contributed by atoms with Crippen LogP contribution >= 0.6 is 0 Å². The molecule has 0 saturated heterocycles. The lowest BCUT2D eigenvalue weighted by atomic mass is 10.1. The Morgan fingerprint density at radius 1 is 0.938 bits per heavy atom. The van der Waals surface area contributed by atoms with Crippen LogP contribution in [0.4, 0.5) is 0 Å². The molecular formula is C24H24N4O4. The average Bonchev–Trinajstić information content (AvgIpc) is 3.32. The van der Waals surface area contributed by atoms with Gasteiger partial charge in [0.1, 0.15) is 11.5 Å². The van der Waals surface area contributed by atoms with Crippen molar-refractivity contribution in [2.75, 3.05) is 14.2 Å². The van der Waals surface area contributed by atoms with Gasteiger partial charge in [-0.2, -0.15) is 10.1 Å². The summed E-state index contributed by atoms with van der Waals surface area (Å²) in [5, 5.41) is 8.55. The van der Waals surface area contributed by atoms with Gasteiger partial charge >= 0.3 is 0 Å². The molecule has 0 aliphatic rings. The van der Waals surface area contributed by atoms with Gasteiger partial charge in [0.05, 0.1) is 26.5 Å². The fourth-order valence-corrected chi connectivity index (χ4v) is 3.29. The Bertz CT molecular complexity index is 1240. The number of benzene rings is 2. The zero-order chi connectivity index (χ0) is 22.5. The number of ether oxygens (including phenoxy) is 2. The minimum Gasteiger partial charge on any atom is -0.497 e. The van der Waals surface area contributed by atoms with Gasteiger partial charge in [-0.15, -0.1) is 0 Å². The van der Waals surface area contributed by atoms with E-state index in [0.717, 1.165) is 17.7 Å². The molecule has 164 valence electrons. The first kappa shape index (κ1) is 21.3. The van der Waals surface area contributed by atoms with Crippen molar-refractivity contribution in [3.8, 4) is 34.1 Å². The Labute approximate surface area is 185 Å². The monoisotopic (exact) mass is 432 g/mol. The zero-order valence-electron chi connectivity index (χ0n) is 18.2. The lowest BCUT2D eigenvalue weighted by Crippen LogP contribution is -2.23. The molecule has 0 atom stereocenters. The van der Waals surface area contributed by atoms with E-state index in [4.69, 9.17) is 14.0 Å². The molecule has 0 fully saturated rings. The predicted molar refractivity (Wildman–Crippen MR) is 120 cm³/mol. The molecule has 0 aliphatic heterocycles. The van der Waals surface area contributed by atoms with Crippen molar-refractivity contribution in [2.45, 2.75) is 26.3 Å². The third-order valence-corrected chi connectivity index (χ3v) is 5.14. The minimum atomic E-state index is -0.184. The van der Waals surface area contributed by atoms with E-state index in [1.807, 2.05) is 12.1 Å². The van der Waals surface area contributed by atoms with Crippen LogP contribution in [0.1, 0.15) is 18.4 Å². The lowest BCUT2D eigenvalue weighted by Gasteiger charge is -2.07. The van der Waals surface area contributed by atoms with Gasteiger partial charge in [-0.25, -0.2) is 4.68 Å². The standard InChI is InChI=1S/C24H24N4O4/c1-4-16-5-7-17(8-6-16)21-9-10-23(29)28(26-21)12-11-22-25-24(27-32-22)18-13-19(30-2)15-20(14-18)31-3/h5-10,13-15H,4,11-12H2,1-3H3. The maximum Gasteiger partial charge on any atom is 0.266 e. The van der Waals surface area contributed by atoms with Crippen LogP contribution in [0.2, 0.25) is 0 Å². The van der Waals surface area contributed by atoms with Crippen molar-refractivity contribution < 1.29 is 14.0 Å². The SMILES string of the molecule is CCc1ccc(-c2ccc(=O)n(CCc3nc(-c4cc(OC)cc(OC)c4)no3)n2)cc1. The van der Waals surface area contributed by atoms with Crippen LogP contribution in [-0.2, 0) is 19.4 Å². The van der Waals surface area contributed by atoms with Crippen LogP contribution < -0.4 is 15.0 Å². The Hall–Kier alpha value is -3.94. The molecule has 0 spiro atoms. The first-order chi connectivity index (χ1) is 15.6. The Morgan fingerprint density at radius 2 is 1.66 bits per heavy atom. The van der Waals surface area contributed by atoms with Gasteiger partial charge in [-0.1, -0.05) is 36.3 Å². The van der Waals surface area contributed by atoms with Gasteiger partial charge < -0.3 is 14.0 Å². The summed E-state index contributed by atoms with van der Waals surface area (Å²) in [5.41, 5.74) is 3.48. The highest BCUT2D eigenvalue weighted by atomic mass is 16.5. The van der Waals surface area contributed by atoms with Gasteiger partial charge in [-0.3, -0.25) is 4.79 Å². The van der Waals surface area contributed by atoms with Crippen molar-refractivity contribution in [3.63, 3.8) is 0 Å². The van der Waals surface area contributed by atoms with Crippen molar-refractivity contribution in [2.24, 2.45) is 0 Å². The first-order valence-corrected chi connectivity index (χ1v) is 10.3. The highest BCUT2D eigenvalue weighted by molar-refractivity contribution is 5.60. The lowest BCUT2D eigenvalue weighted by molar-refractivity contribution is 0.367. The molecule has 4 aromatic rings. The Morgan fingerprint density at radius 3 is 2.31 bits per heavy atom. The van der Waals surface area contributed by atoms with Crippen molar-refractivity contribution in [1.82, 2.24) is 19.9 Å². The van der Waals surface area contributed by atoms with E-state index in [0.29, 0.717) is 41.7 Å².